The monoisotopic (exact) mass is 561 g/mol. The molecule has 0 spiro atoms. The predicted octanol–water partition coefficient (Wildman–Crippen LogP) is 4.98. The second kappa shape index (κ2) is 14.4. The number of rotatable bonds is 13. The molecule has 0 atom stereocenters. The van der Waals surface area contributed by atoms with Crippen LogP contribution >= 0.6 is 0 Å². The predicted molar refractivity (Wildman–Crippen MR) is 148 cm³/mol. The molecule has 3 aromatic rings. The number of urea groups is 1. The van der Waals surface area contributed by atoms with Gasteiger partial charge in [-0.25, -0.2) is 14.8 Å². The summed E-state index contributed by atoms with van der Waals surface area (Å²) in [6.45, 7) is 2.56. The molecule has 0 fully saturated rings. The van der Waals surface area contributed by atoms with Crippen molar-refractivity contribution >= 4 is 23.2 Å². The van der Waals surface area contributed by atoms with Gasteiger partial charge in [-0.05, 0) is 63.1 Å². The van der Waals surface area contributed by atoms with E-state index in [1.54, 1.807) is 44.5 Å². The number of aromatic nitrogens is 2. The van der Waals surface area contributed by atoms with Crippen LogP contribution in [-0.4, -0.2) is 80.3 Å². The first-order chi connectivity index (χ1) is 19.0. The minimum absolute atomic E-state index is 0.0307. The number of carbonyl (C=O) groups excluding carboxylic acids is 1. The van der Waals surface area contributed by atoms with Crippen LogP contribution in [0.1, 0.15) is 11.1 Å². The molecule has 13 heteroatoms. The molecule has 3 N–H and O–H groups in total. The van der Waals surface area contributed by atoms with E-state index in [9.17, 15) is 18.0 Å². The summed E-state index contributed by atoms with van der Waals surface area (Å²) in [6.07, 6.45) is -3.20. The van der Waals surface area contributed by atoms with Crippen molar-refractivity contribution in [3.05, 3.63) is 66.0 Å². The zero-order valence-electron chi connectivity index (χ0n) is 22.9. The van der Waals surface area contributed by atoms with Crippen LogP contribution in [0, 0.1) is 0 Å². The minimum Gasteiger partial charge on any atom is -0.439 e. The Hall–Kier alpha value is -3.94. The second-order valence-corrected chi connectivity index (χ2v) is 9.28. The number of hydrogen-bond donors (Lipinski definition) is 3. The van der Waals surface area contributed by atoms with Crippen molar-refractivity contribution in [2.24, 2.45) is 0 Å². The zero-order chi connectivity index (χ0) is 29.1. The molecule has 2 aromatic carbocycles. The van der Waals surface area contributed by atoms with E-state index < -0.39 is 17.8 Å². The maximum Gasteiger partial charge on any atom is 0.416 e. The third-order valence-corrected chi connectivity index (χ3v) is 5.63. The van der Waals surface area contributed by atoms with Gasteiger partial charge in [-0.1, -0.05) is 6.07 Å². The highest BCUT2D eigenvalue weighted by atomic mass is 19.4. The molecule has 0 aliphatic heterocycles. The van der Waals surface area contributed by atoms with Crippen molar-refractivity contribution in [1.29, 1.82) is 0 Å². The number of likely N-dealkylation sites (N-methyl/N-ethyl adjacent to an activating group) is 2. The van der Waals surface area contributed by atoms with Gasteiger partial charge in [0.05, 0.1) is 12.2 Å². The largest absolute Gasteiger partial charge is 0.439 e. The van der Waals surface area contributed by atoms with E-state index in [4.69, 9.17) is 9.47 Å². The van der Waals surface area contributed by atoms with Crippen molar-refractivity contribution in [3.8, 4) is 11.6 Å². The van der Waals surface area contributed by atoms with Crippen LogP contribution in [-0.2, 0) is 17.5 Å². The topological polar surface area (TPSA) is 104 Å². The Bertz CT molecular complexity index is 1240. The molecule has 40 heavy (non-hydrogen) atoms. The number of anilines is 3. The van der Waals surface area contributed by atoms with E-state index in [0.717, 1.165) is 12.6 Å². The highest BCUT2D eigenvalue weighted by Crippen LogP contribution is 2.34. The van der Waals surface area contributed by atoms with E-state index in [1.807, 2.05) is 23.9 Å². The summed E-state index contributed by atoms with van der Waals surface area (Å²) in [6, 6.07) is 11.2. The number of carbonyl (C=O) groups is 1. The minimum atomic E-state index is -4.56. The van der Waals surface area contributed by atoms with Gasteiger partial charge in [0.1, 0.15) is 17.9 Å². The fourth-order valence-corrected chi connectivity index (χ4v) is 3.59. The van der Waals surface area contributed by atoms with E-state index in [-0.39, 0.29) is 17.8 Å². The summed E-state index contributed by atoms with van der Waals surface area (Å²) in [5.74, 6) is 1.37. The zero-order valence-corrected chi connectivity index (χ0v) is 22.9. The first-order valence-electron chi connectivity index (χ1n) is 12.5. The van der Waals surface area contributed by atoms with Crippen LogP contribution in [0.5, 0.6) is 11.6 Å². The number of ether oxygens (including phenoxy) is 2. The van der Waals surface area contributed by atoms with Gasteiger partial charge in [-0.3, -0.25) is 0 Å². The molecule has 10 nitrogen and oxygen atoms in total. The number of hydrogen-bond acceptors (Lipinski definition) is 8. The van der Waals surface area contributed by atoms with Gasteiger partial charge < -0.3 is 35.2 Å². The molecule has 0 aliphatic rings. The number of halogens is 3. The third-order valence-electron chi connectivity index (χ3n) is 5.63. The van der Waals surface area contributed by atoms with Crippen molar-refractivity contribution in [2.45, 2.75) is 12.7 Å². The Morgan fingerprint density at radius 2 is 1.65 bits per heavy atom. The summed E-state index contributed by atoms with van der Waals surface area (Å²) in [5, 5.41) is 8.15. The summed E-state index contributed by atoms with van der Waals surface area (Å²) in [4.78, 5) is 24.5. The lowest BCUT2D eigenvalue weighted by Gasteiger charge is -2.22. The Morgan fingerprint density at radius 3 is 2.33 bits per heavy atom. The summed E-state index contributed by atoms with van der Waals surface area (Å²) in [7, 11) is 7.18. The maximum atomic E-state index is 13.8. The summed E-state index contributed by atoms with van der Waals surface area (Å²) < 4.78 is 52.1. The van der Waals surface area contributed by atoms with Crippen LogP contribution in [0.3, 0.4) is 0 Å². The van der Waals surface area contributed by atoms with Gasteiger partial charge in [0, 0.05) is 50.7 Å². The van der Waals surface area contributed by atoms with Gasteiger partial charge in [0.15, 0.2) is 0 Å². The molecule has 0 radical (unpaired) electrons. The molecular formula is C27H34F3N7O3. The SMILES string of the molecule is COCCNc1cc(Oc2ccc(NC(=O)Nc3ccc(CN(C)CCN(C)C)c(C(F)(F)F)c3)cc2)ncn1. The van der Waals surface area contributed by atoms with Crippen LogP contribution in [0.25, 0.3) is 0 Å². The molecule has 0 unspecified atom stereocenters. The van der Waals surface area contributed by atoms with Gasteiger partial charge in [0.2, 0.25) is 5.88 Å². The Morgan fingerprint density at radius 1 is 0.950 bits per heavy atom. The quantitative estimate of drug-likeness (QED) is 0.251. The second-order valence-electron chi connectivity index (χ2n) is 9.28. The molecule has 0 bridgehead atoms. The average Bonchev–Trinajstić information content (AvgIpc) is 2.89. The molecule has 0 saturated heterocycles. The Labute approximate surface area is 231 Å². The van der Waals surface area contributed by atoms with Crippen molar-refractivity contribution in [1.82, 2.24) is 19.8 Å². The van der Waals surface area contributed by atoms with Gasteiger partial charge in [0.25, 0.3) is 0 Å². The lowest BCUT2D eigenvalue weighted by atomic mass is 10.1. The molecule has 1 heterocycles. The summed E-state index contributed by atoms with van der Waals surface area (Å²) in [5.41, 5.74) is -0.199. The first-order valence-corrected chi connectivity index (χ1v) is 12.5. The number of methoxy groups -OCH3 is 1. The lowest BCUT2D eigenvalue weighted by molar-refractivity contribution is -0.138. The van der Waals surface area contributed by atoms with Gasteiger partial charge >= 0.3 is 12.2 Å². The third kappa shape index (κ3) is 9.98. The van der Waals surface area contributed by atoms with E-state index >= 15 is 0 Å². The Balaban J connectivity index is 1.59. The number of alkyl halides is 3. The van der Waals surface area contributed by atoms with E-state index in [2.05, 4.69) is 25.9 Å². The fourth-order valence-electron chi connectivity index (χ4n) is 3.59. The number of benzene rings is 2. The number of nitrogens with one attached hydrogen (secondary N) is 3. The summed E-state index contributed by atoms with van der Waals surface area (Å²) >= 11 is 0. The molecular weight excluding hydrogens is 527 g/mol. The standard InChI is InChI=1S/C27H34F3N7O3/c1-36(2)12-13-37(3)17-19-5-6-21(15-23(19)27(28,29)30)35-26(38)34-20-7-9-22(10-8-20)40-25-16-24(32-18-33-25)31-11-14-39-4/h5-10,15-16,18H,11-14,17H2,1-4H3,(H,31,32,33)(H2,34,35,38). The maximum absolute atomic E-state index is 13.8. The highest BCUT2D eigenvalue weighted by molar-refractivity contribution is 5.99. The molecule has 1 aromatic heterocycles. The van der Waals surface area contributed by atoms with Crippen LogP contribution in [0.4, 0.5) is 35.2 Å². The Kier molecular flexibility index (Phi) is 11.1. The molecule has 3 rings (SSSR count). The van der Waals surface area contributed by atoms with Crippen LogP contribution in [0.15, 0.2) is 54.9 Å². The smallest absolute Gasteiger partial charge is 0.416 e. The molecule has 2 amide bonds. The number of amides is 2. The number of nitrogens with zero attached hydrogens (tertiary/aromatic N) is 4. The van der Waals surface area contributed by atoms with Crippen molar-refractivity contribution in [3.63, 3.8) is 0 Å². The van der Waals surface area contributed by atoms with Gasteiger partial charge in [-0.2, -0.15) is 13.2 Å². The van der Waals surface area contributed by atoms with Crippen molar-refractivity contribution < 1.29 is 27.4 Å². The normalized spacial score (nSPS) is 11.5. The highest BCUT2D eigenvalue weighted by Gasteiger charge is 2.34. The molecule has 0 saturated carbocycles. The fraction of sp³-hybridized carbons (Fsp3) is 0.370. The lowest BCUT2D eigenvalue weighted by Crippen LogP contribution is -2.29. The van der Waals surface area contributed by atoms with Crippen LogP contribution < -0.4 is 20.7 Å². The molecule has 216 valence electrons. The van der Waals surface area contributed by atoms with Gasteiger partial charge in [-0.15, -0.1) is 0 Å². The van der Waals surface area contributed by atoms with Crippen molar-refractivity contribution in [2.75, 3.05) is 70.4 Å². The molecule has 0 aliphatic carbocycles. The first kappa shape index (κ1) is 30.6. The van der Waals surface area contributed by atoms with Crippen LogP contribution in [0.2, 0.25) is 0 Å². The van der Waals surface area contributed by atoms with E-state index in [0.29, 0.717) is 42.8 Å². The van der Waals surface area contributed by atoms with E-state index in [1.165, 1.54) is 18.5 Å². The average molecular weight is 562 g/mol.